The molecule has 31 heavy (non-hydrogen) atoms. The Kier molecular flexibility index (Phi) is 7.07. The van der Waals surface area contributed by atoms with E-state index in [0.29, 0.717) is 21.4 Å². The molecule has 0 aromatic heterocycles. The number of morpholine rings is 1. The normalized spacial score (nSPS) is 14.2. The van der Waals surface area contributed by atoms with E-state index in [9.17, 15) is 4.39 Å². The van der Waals surface area contributed by atoms with Crippen LogP contribution in [0.15, 0.2) is 65.7 Å². The van der Waals surface area contributed by atoms with Crippen LogP contribution in [0.4, 0.5) is 15.8 Å². The average molecular weight is 459 g/mol. The van der Waals surface area contributed by atoms with E-state index in [1.54, 1.807) is 36.5 Å². The third kappa shape index (κ3) is 5.56. The molecule has 0 spiro atoms. The zero-order chi connectivity index (χ0) is 21.6. The molecule has 0 bridgehead atoms. The van der Waals surface area contributed by atoms with Crippen molar-refractivity contribution in [3.8, 4) is 5.75 Å². The summed E-state index contributed by atoms with van der Waals surface area (Å²) in [6, 6.07) is 17.9. The van der Waals surface area contributed by atoms with Gasteiger partial charge in [-0.3, -0.25) is 4.99 Å². The Hall–Kier alpha value is -2.60. The van der Waals surface area contributed by atoms with Gasteiger partial charge in [0.1, 0.15) is 12.4 Å². The van der Waals surface area contributed by atoms with Gasteiger partial charge in [0, 0.05) is 30.6 Å². The van der Waals surface area contributed by atoms with Gasteiger partial charge in [0.25, 0.3) is 0 Å². The lowest BCUT2D eigenvalue weighted by Crippen LogP contribution is -2.36. The monoisotopic (exact) mass is 458 g/mol. The second kappa shape index (κ2) is 10.1. The van der Waals surface area contributed by atoms with Crippen molar-refractivity contribution < 1.29 is 13.9 Å². The van der Waals surface area contributed by atoms with Crippen molar-refractivity contribution in [3.63, 3.8) is 0 Å². The first-order valence-corrected chi connectivity index (χ1v) is 10.7. The minimum absolute atomic E-state index is 0.0367. The van der Waals surface area contributed by atoms with Crippen LogP contribution in [0.2, 0.25) is 10.0 Å². The van der Waals surface area contributed by atoms with Crippen LogP contribution in [0.1, 0.15) is 11.1 Å². The number of rotatable bonds is 6. The Labute approximate surface area is 190 Å². The van der Waals surface area contributed by atoms with Crippen molar-refractivity contribution in [1.29, 1.82) is 0 Å². The Morgan fingerprint density at radius 2 is 1.68 bits per heavy atom. The van der Waals surface area contributed by atoms with E-state index in [2.05, 4.69) is 22.0 Å². The molecule has 0 amide bonds. The first kappa shape index (κ1) is 21.6. The van der Waals surface area contributed by atoms with E-state index in [-0.39, 0.29) is 12.4 Å². The van der Waals surface area contributed by atoms with Gasteiger partial charge in [-0.2, -0.15) is 0 Å². The van der Waals surface area contributed by atoms with Gasteiger partial charge < -0.3 is 14.4 Å². The predicted molar refractivity (Wildman–Crippen MR) is 124 cm³/mol. The number of ether oxygens (including phenoxy) is 2. The summed E-state index contributed by atoms with van der Waals surface area (Å²) in [6.45, 7) is 3.33. The summed E-state index contributed by atoms with van der Waals surface area (Å²) in [5.41, 5.74) is 3.15. The van der Waals surface area contributed by atoms with Crippen LogP contribution in [0.5, 0.6) is 5.75 Å². The molecular formula is C24H21Cl2FN2O2. The molecule has 3 aromatic carbocycles. The van der Waals surface area contributed by atoms with Crippen LogP contribution in [-0.2, 0) is 11.3 Å². The van der Waals surface area contributed by atoms with Crippen LogP contribution in [0, 0.1) is 5.82 Å². The third-order valence-electron chi connectivity index (χ3n) is 4.94. The van der Waals surface area contributed by atoms with Crippen LogP contribution < -0.4 is 9.64 Å². The van der Waals surface area contributed by atoms with Gasteiger partial charge in [-0.25, -0.2) is 4.39 Å². The average Bonchev–Trinajstić information content (AvgIpc) is 2.79. The Balaban J connectivity index is 1.43. The fourth-order valence-corrected chi connectivity index (χ4v) is 3.89. The molecule has 0 radical (unpaired) electrons. The second-order valence-corrected chi connectivity index (χ2v) is 7.88. The zero-order valence-electron chi connectivity index (χ0n) is 16.7. The molecule has 0 saturated carbocycles. The van der Waals surface area contributed by atoms with E-state index >= 15 is 0 Å². The summed E-state index contributed by atoms with van der Waals surface area (Å²) in [4.78, 5) is 6.79. The molecule has 0 unspecified atom stereocenters. The largest absolute Gasteiger partial charge is 0.486 e. The fraction of sp³-hybridized carbons (Fsp3) is 0.208. The number of benzene rings is 3. The van der Waals surface area contributed by atoms with E-state index in [0.717, 1.165) is 43.2 Å². The Morgan fingerprint density at radius 3 is 2.35 bits per heavy atom. The quantitative estimate of drug-likeness (QED) is 0.406. The van der Waals surface area contributed by atoms with E-state index in [1.165, 1.54) is 6.07 Å². The van der Waals surface area contributed by atoms with Gasteiger partial charge in [0.2, 0.25) is 0 Å². The van der Waals surface area contributed by atoms with Crippen molar-refractivity contribution in [2.75, 3.05) is 31.2 Å². The second-order valence-electron chi connectivity index (χ2n) is 7.07. The molecular weight excluding hydrogens is 438 g/mol. The summed E-state index contributed by atoms with van der Waals surface area (Å²) in [5.74, 6) is -0.0169. The van der Waals surface area contributed by atoms with Crippen LogP contribution in [0.25, 0.3) is 0 Å². The lowest BCUT2D eigenvalue weighted by molar-refractivity contribution is 0.122. The zero-order valence-corrected chi connectivity index (χ0v) is 18.2. The van der Waals surface area contributed by atoms with Gasteiger partial charge >= 0.3 is 0 Å². The number of hydrogen-bond acceptors (Lipinski definition) is 4. The van der Waals surface area contributed by atoms with Crippen molar-refractivity contribution in [3.05, 3.63) is 87.7 Å². The number of halogens is 3. The highest BCUT2D eigenvalue weighted by molar-refractivity contribution is 6.37. The standard InChI is InChI=1S/C24H21Cl2FN2O2/c25-21-13-17(14-22(26)24(21)31-16-18-3-1-2-4-23(18)27)15-28-19-5-7-20(8-6-19)29-9-11-30-12-10-29/h1-8,13-15H,9-12,16H2. The summed E-state index contributed by atoms with van der Waals surface area (Å²) in [7, 11) is 0. The van der Waals surface area contributed by atoms with Gasteiger partial charge in [-0.1, -0.05) is 41.4 Å². The summed E-state index contributed by atoms with van der Waals surface area (Å²) >= 11 is 12.7. The maximum Gasteiger partial charge on any atom is 0.157 e. The van der Waals surface area contributed by atoms with Crippen molar-refractivity contribution in [2.24, 2.45) is 4.99 Å². The first-order valence-electron chi connectivity index (χ1n) is 9.92. The highest BCUT2D eigenvalue weighted by Crippen LogP contribution is 2.34. The number of anilines is 1. The molecule has 1 aliphatic heterocycles. The predicted octanol–water partition coefficient (Wildman–Crippen LogP) is 6.30. The lowest BCUT2D eigenvalue weighted by Gasteiger charge is -2.28. The van der Waals surface area contributed by atoms with Crippen molar-refractivity contribution >= 4 is 40.8 Å². The van der Waals surface area contributed by atoms with Gasteiger partial charge in [-0.05, 0) is 48.0 Å². The highest BCUT2D eigenvalue weighted by Gasteiger charge is 2.12. The first-order chi connectivity index (χ1) is 15.1. The molecule has 7 heteroatoms. The summed E-state index contributed by atoms with van der Waals surface area (Å²) in [6.07, 6.45) is 1.70. The number of hydrogen-bond donors (Lipinski definition) is 0. The highest BCUT2D eigenvalue weighted by atomic mass is 35.5. The Morgan fingerprint density at radius 1 is 1.00 bits per heavy atom. The third-order valence-corrected chi connectivity index (χ3v) is 5.50. The topological polar surface area (TPSA) is 34.1 Å². The molecule has 0 atom stereocenters. The maximum atomic E-state index is 13.8. The van der Waals surface area contributed by atoms with Crippen LogP contribution in [-0.4, -0.2) is 32.5 Å². The minimum atomic E-state index is -0.335. The smallest absolute Gasteiger partial charge is 0.157 e. The van der Waals surface area contributed by atoms with Crippen molar-refractivity contribution in [1.82, 2.24) is 0 Å². The molecule has 1 heterocycles. The number of aliphatic imine (C=N–C) groups is 1. The fourth-order valence-electron chi connectivity index (χ4n) is 3.28. The lowest BCUT2D eigenvalue weighted by atomic mass is 10.2. The number of nitrogens with zero attached hydrogens (tertiary/aromatic N) is 2. The maximum absolute atomic E-state index is 13.8. The molecule has 3 aromatic rings. The van der Waals surface area contributed by atoms with E-state index in [1.807, 2.05) is 12.1 Å². The molecule has 0 N–H and O–H groups in total. The van der Waals surface area contributed by atoms with Gasteiger partial charge in [-0.15, -0.1) is 0 Å². The minimum Gasteiger partial charge on any atom is -0.486 e. The van der Waals surface area contributed by atoms with Crippen LogP contribution in [0.3, 0.4) is 0 Å². The summed E-state index contributed by atoms with van der Waals surface area (Å²) < 4.78 is 24.8. The van der Waals surface area contributed by atoms with E-state index < -0.39 is 0 Å². The van der Waals surface area contributed by atoms with Gasteiger partial charge in [0.05, 0.1) is 28.9 Å². The molecule has 1 aliphatic rings. The van der Waals surface area contributed by atoms with Crippen LogP contribution >= 0.6 is 23.2 Å². The molecule has 1 fully saturated rings. The summed E-state index contributed by atoms with van der Waals surface area (Å²) in [5, 5.41) is 0.681. The van der Waals surface area contributed by atoms with Gasteiger partial charge in [0.15, 0.2) is 5.75 Å². The molecule has 1 saturated heterocycles. The van der Waals surface area contributed by atoms with Crippen molar-refractivity contribution in [2.45, 2.75) is 6.61 Å². The molecule has 0 aliphatic carbocycles. The van der Waals surface area contributed by atoms with E-state index in [4.69, 9.17) is 32.7 Å². The molecule has 160 valence electrons. The SMILES string of the molecule is Fc1ccccc1COc1c(Cl)cc(C=Nc2ccc(N3CCOCC3)cc2)cc1Cl. The molecule has 4 nitrogen and oxygen atoms in total. The Bertz CT molecular complexity index is 1040. The molecule has 4 rings (SSSR count).